The van der Waals surface area contributed by atoms with E-state index in [2.05, 4.69) is 17.2 Å². The molecular formula is C11H15N3O. The molecule has 1 aromatic rings. The van der Waals surface area contributed by atoms with Gasteiger partial charge in [-0.05, 0) is 31.9 Å². The zero-order valence-electron chi connectivity index (χ0n) is 8.79. The van der Waals surface area contributed by atoms with Gasteiger partial charge < -0.3 is 11.1 Å². The van der Waals surface area contributed by atoms with E-state index in [9.17, 15) is 4.79 Å². The lowest BCUT2D eigenvalue weighted by Gasteiger charge is -2.10. The van der Waals surface area contributed by atoms with Gasteiger partial charge in [0, 0.05) is 11.2 Å². The molecule has 1 fully saturated rings. The number of amides is 1. The van der Waals surface area contributed by atoms with Crippen LogP contribution in [0.5, 0.6) is 0 Å². The van der Waals surface area contributed by atoms with Crippen LogP contribution >= 0.6 is 0 Å². The van der Waals surface area contributed by atoms with Crippen molar-refractivity contribution in [1.82, 2.24) is 10.3 Å². The Bertz CT molecular complexity index is 368. The number of aromatic nitrogens is 1. The van der Waals surface area contributed by atoms with Gasteiger partial charge in [-0.1, -0.05) is 0 Å². The molecule has 80 valence electrons. The van der Waals surface area contributed by atoms with Gasteiger partial charge in [-0.2, -0.15) is 0 Å². The number of hydrogen-bond acceptors (Lipinski definition) is 3. The highest BCUT2D eigenvalue weighted by Gasteiger charge is 2.38. The molecule has 0 aliphatic heterocycles. The third kappa shape index (κ3) is 2.68. The number of carbonyl (C=O) groups is 1. The Hall–Kier alpha value is -1.58. The Kier molecular flexibility index (Phi) is 2.34. The van der Waals surface area contributed by atoms with Gasteiger partial charge in [0.15, 0.2) is 0 Å². The molecule has 3 N–H and O–H groups in total. The minimum atomic E-state index is 0.0345. The van der Waals surface area contributed by atoms with Gasteiger partial charge >= 0.3 is 0 Å². The van der Waals surface area contributed by atoms with Gasteiger partial charge in [-0.15, -0.1) is 0 Å². The first-order valence-electron chi connectivity index (χ1n) is 5.09. The van der Waals surface area contributed by atoms with Gasteiger partial charge in [-0.3, -0.25) is 9.78 Å². The number of pyridine rings is 1. The summed E-state index contributed by atoms with van der Waals surface area (Å²) in [5.74, 6) is 0.0345. The molecule has 1 amide bonds. The SMILES string of the molecule is CC1(NC(=O)Cc2ccc(N)cn2)CC1. The van der Waals surface area contributed by atoms with Crippen molar-refractivity contribution in [3.05, 3.63) is 24.0 Å². The highest BCUT2D eigenvalue weighted by Crippen LogP contribution is 2.34. The molecule has 2 rings (SSSR count). The van der Waals surface area contributed by atoms with Crippen LogP contribution in [-0.2, 0) is 11.2 Å². The van der Waals surface area contributed by atoms with E-state index >= 15 is 0 Å². The fraction of sp³-hybridized carbons (Fsp3) is 0.455. The Morgan fingerprint density at radius 1 is 1.60 bits per heavy atom. The highest BCUT2D eigenvalue weighted by molar-refractivity contribution is 5.79. The highest BCUT2D eigenvalue weighted by atomic mass is 16.1. The maximum absolute atomic E-state index is 11.6. The van der Waals surface area contributed by atoms with Gasteiger partial charge in [-0.25, -0.2) is 0 Å². The largest absolute Gasteiger partial charge is 0.397 e. The number of carbonyl (C=O) groups excluding carboxylic acids is 1. The van der Waals surface area contributed by atoms with E-state index in [1.807, 2.05) is 0 Å². The molecule has 0 saturated heterocycles. The van der Waals surface area contributed by atoms with Crippen LogP contribution in [0.2, 0.25) is 0 Å². The van der Waals surface area contributed by atoms with Crippen LogP contribution in [0.1, 0.15) is 25.5 Å². The first kappa shape index (κ1) is 9.96. The van der Waals surface area contributed by atoms with Crippen LogP contribution in [-0.4, -0.2) is 16.4 Å². The molecule has 0 spiro atoms. The monoisotopic (exact) mass is 205 g/mol. The van der Waals surface area contributed by atoms with Crippen molar-refractivity contribution in [2.24, 2.45) is 0 Å². The summed E-state index contributed by atoms with van der Waals surface area (Å²) in [7, 11) is 0. The van der Waals surface area contributed by atoms with Crippen LogP contribution in [0.15, 0.2) is 18.3 Å². The predicted octanol–water partition coefficient (Wildman–Crippen LogP) is 0.875. The molecule has 1 aliphatic rings. The molecule has 4 heteroatoms. The summed E-state index contributed by atoms with van der Waals surface area (Å²) in [6.45, 7) is 2.06. The molecule has 1 saturated carbocycles. The van der Waals surface area contributed by atoms with Crippen molar-refractivity contribution >= 4 is 11.6 Å². The lowest BCUT2D eigenvalue weighted by Crippen LogP contribution is -2.35. The zero-order valence-corrected chi connectivity index (χ0v) is 8.79. The minimum absolute atomic E-state index is 0.0345. The third-order valence-corrected chi connectivity index (χ3v) is 2.63. The first-order chi connectivity index (χ1) is 7.07. The number of nitrogens with zero attached hydrogens (tertiary/aromatic N) is 1. The van der Waals surface area contributed by atoms with Gasteiger partial charge in [0.05, 0.1) is 18.3 Å². The average molecular weight is 205 g/mol. The van der Waals surface area contributed by atoms with Crippen molar-refractivity contribution < 1.29 is 4.79 Å². The van der Waals surface area contributed by atoms with Gasteiger partial charge in [0.2, 0.25) is 5.91 Å². The number of anilines is 1. The normalized spacial score (nSPS) is 17.1. The van der Waals surface area contributed by atoms with E-state index in [1.165, 1.54) is 0 Å². The maximum Gasteiger partial charge on any atom is 0.226 e. The molecule has 15 heavy (non-hydrogen) atoms. The number of hydrogen-bond donors (Lipinski definition) is 2. The Labute approximate surface area is 88.9 Å². The second-order valence-electron chi connectivity index (χ2n) is 4.37. The molecule has 0 bridgehead atoms. The van der Waals surface area contributed by atoms with Crippen molar-refractivity contribution in [3.63, 3.8) is 0 Å². The first-order valence-corrected chi connectivity index (χ1v) is 5.09. The Balaban J connectivity index is 1.91. The topological polar surface area (TPSA) is 68.0 Å². The van der Waals surface area contributed by atoms with E-state index in [1.54, 1.807) is 18.3 Å². The van der Waals surface area contributed by atoms with Crippen molar-refractivity contribution in [2.45, 2.75) is 31.7 Å². The van der Waals surface area contributed by atoms with Crippen LogP contribution in [0.3, 0.4) is 0 Å². The number of nitrogen functional groups attached to an aromatic ring is 1. The van der Waals surface area contributed by atoms with Gasteiger partial charge in [0.1, 0.15) is 0 Å². The van der Waals surface area contributed by atoms with E-state index in [0.29, 0.717) is 12.1 Å². The fourth-order valence-electron chi connectivity index (χ4n) is 1.40. The summed E-state index contributed by atoms with van der Waals surface area (Å²) in [6.07, 6.45) is 4.05. The smallest absolute Gasteiger partial charge is 0.226 e. The minimum Gasteiger partial charge on any atom is -0.397 e. The van der Waals surface area contributed by atoms with Crippen molar-refractivity contribution in [2.75, 3.05) is 5.73 Å². The number of rotatable bonds is 3. The van der Waals surface area contributed by atoms with E-state index in [0.717, 1.165) is 18.5 Å². The summed E-state index contributed by atoms with van der Waals surface area (Å²) in [5, 5.41) is 2.98. The van der Waals surface area contributed by atoms with E-state index in [4.69, 9.17) is 5.73 Å². The van der Waals surface area contributed by atoms with E-state index in [-0.39, 0.29) is 11.4 Å². The van der Waals surface area contributed by atoms with Crippen LogP contribution < -0.4 is 11.1 Å². The zero-order chi connectivity index (χ0) is 10.9. The summed E-state index contributed by atoms with van der Waals surface area (Å²) in [6, 6.07) is 3.54. The van der Waals surface area contributed by atoms with Crippen molar-refractivity contribution in [1.29, 1.82) is 0 Å². The summed E-state index contributed by atoms with van der Waals surface area (Å²) in [5.41, 5.74) is 6.93. The lowest BCUT2D eigenvalue weighted by atomic mass is 10.2. The van der Waals surface area contributed by atoms with Crippen LogP contribution in [0.25, 0.3) is 0 Å². The summed E-state index contributed by atoms with van der Waals surface area (Å²) >= 11 is 0. The Morgan fingerprint density at radius 2 is 2.33 bits per heavy atom. The molecule has 0 aromatic carbocycles. The fourth-order valence-corrected chi connectivity index (χ4v) is 1.40. The number of nitrogens with two attached hydrogens (primary N) is 1. The van der Waals surface area contributed by atoms with Crippen LogP contribution in [0.4, 0.5) is 5.69 Å². The molecule has 1 heterocycles. The summed E-state index contributed by atoms with van der Waals surface area (Å²) in [4.78, 5) is 15.7. The molecule has 1 aliphatic carbocycles. The molecule has 0 radical (unpaired) electrons. The second kappa shape index (κ2) is 3.53. The molecule has 0 unspecified atom stereocenters. The quantitative estimate of drug-likeness (QED) is 0.769. The van der Waals surface area contributed by atoms with Crippen molar-refractivity contribution in [3.8, 4) is 0 Å². The third-order valence-electron chi connectivity index (χ3n) is 2.63. The predicted molar refractivity (Wildman–Crippen MR) is 58.1 cm³/mol. The molecule has 4 nitrogen and oxygen atoms in total. The van der Waals surface area contributed by atoms with Crippen LogP contribution in [0, 0.1) is 0 Å². The van der Waals surface area contributed by atoms with E-state index < -0.39 is 0 Å². The standard InChI is InChI=1S/C11H15N3O/c1-11(4-5-11)14-10(15)6-9-3-2-8(12)7-13-9/h2-3,7H,4-6,12H2,1H3,(H,14,15). The second-order valence-corrected chi connectivity index (χ2v) is 4.37. The molecule has 1 aromatic heterocycles. The maximum atomic E-state index is 11.6. The lowest BCUT2D eigenvalue weighted by molar-refractivity contribution is -0.121. The molecular weight excluding hydrogens is 190 g/mol. The number of nitrogens with one attached hydrogen (secondary N) is 1. The summed E-state index contributed by atoms with van der Waals surface area (Å²) < 4.78 is 0. The van der Waals surface area contributed by atoms with Gasteiger partial charge in [0.25, 0.3) is 0 Å². The Morgan fingerprint density at radius 3 is 2.87 bits per heavy atom. The average Bonchev–Trinajstić information content (AvgIpc) is 2.87. The molecule has 0 atom stereocenters.